The number of nitrogens with zero attached hydrogens (tertiary/aromatic N) is 1. The molecule has 1 heterocycles. The van der Waals surface area contributed by atoms with Gasteiger partial charge in [-0.2, -0.15) is 18.4 Å². The summed E-state index contributed by atoms with van der Waals surface area (Å²) in [4.78, 5) is 0. The van der Waals surface area contributed by atoms with Gasteiger partial charge in [0.1, 0.15) is 0 Å². The highest BCUT2D eigenvalue weighted by Gasteiger charge is 2.56. The van der Waals surface area contributed by atoms with Crippen LogP contribution < -0.4 is 5.32 Å². The number of alkyl halides is 3. The zero-order valence-electron chi connectivity index (χ0n) is 5.70. The van der Waals surface area contributed by atoms with Crippen LogP contribution in [-0.4, -0.2) is 18.3 Å². The van der Waals surface area contributed by atoms with E-state index in [1.165, 1.54) is 6.07 Å². The third kappa shape index (κ3) is 1.18. The van der Waals surface area contributed by atoms with Crippen LogP contribution in [0.3, 0.4) is 0 Å². The molecule has 1 atom stereocenters. The molecule has 2 nitrogen and oxygen atoms in total. The standard InChI is InChI=1S/C6H7F3N2/c7-6(8,9)5(4-10)2-1-3-11-5/h11H,1-3H2/t5-/m1/s1. The second kappa shape index (κ2) is 2.38. The average Bonchev–Trinajstić information content (AvgIpc) is 2.33. The highest BCUT2D eigenvalue weighted by Crippen LogP contribution is 2.36. The fourth-order valence-corrected chi connectivity index (χ4v) is 1.14. The molecular weight excluding hydrogens is 157 g/mol. The minimum atomic E-state index is -4.45. The van der Waals surface area contributed by atoms with E-state index in [9.17, 15) is 13.2 Å². The molecule has 1 fully saturated rings. The van der Waals surface area contributed by atoms with E-state index in [0.717, 1.165) is 0 Å². The monoisotopic (exact) mass is 164 g/mol. The van der Waals surface area contributed by atoms with E-state index in [4.69, 9.17) is 5.26 Å². The summed E-state index contributed by atoms with van der Waals surface area (Å²) in [7, 11) is 0. The number of hydrogen-bond acceptors (Lipinski definition) is 2. The molecule has 0 bridgehead atoms. The minimum absolute atomic E-state index is 0.132. The van der Waals surface area contributed by atoms with Gasteiger partial charge in [0, 0.05) is 0 Å². The maximum absolute atomic E-state index is 12.1. The Balaban J connectivity index is 2.86. The van der Waals surface area contributed by atoms with Crippen molar-refractivity contribution in [3.05, 3.63) is 0 Å². The molecule has 11 heavy (non-hydrogen) atoms. The lowest BCUT2D eigenvalue weighted by Gasteiger charge is -2.23. The Morgan fingerprint density at radius 3 is 2.27 bits per heavy atom. The molecule has 1 rings (SSSR count). The van der Waals surface area contributed by atoms with Crippen molar-refractivity contribution >= 4 is 0 Å². The SMILES string of the molecule is N#C[C@@]1(C(F)(F)F)CCCN1. The van der Waals surface area contributed by atoms with Gasteiger partial charge in [-0.25, -0.2) is 0 Å². The molecule has 0 spiro atoms. The first-order valence-electron chi connectivity index (χ1n) is 3.25. The Bertz CT molecular complexity index is 185. The van der Waals surface area contributed by atoms with Crippen LogP contribution in [0.2, 0.25) is 0 Å². The Morgan fingerprint density at radius 2 is 2.09 bits per heavy atom. The number of halogens is 3. The second-order valence-corrected chi connectivity index (χ2v) is 2.55. The van der Waals surface area contributed by atoms with Crippen LogP contribution in [0.1, 0.15) is 12.8 Å². The largest absolute Gasteiger partial charge is 0.420 e. The third-order valence-electron chi connectivity index (χ3n) is 1.83. The lowest BCUT2D eigenvalue weighted by atomic mass is 9.99. The highest BCUT2D eigenvalue weighted by molar-refractivity contribution is 5.14. The Kier molecular flexibility index (Phi) is 1.80. The molecule has 62 valence electrons. The zero-order chi connectivity index (χ0) is 8.54. The third-order valence-corrected chi connectivity index (χ3v) is 1.83. The Hall–Kier alpha value is -0.760. The van der Waals surface area contributed by atoms with Crippen LogP contribution in [0.5, 0.6) is 0 Å². The summed E-state index contributed by atoms with van der Waals surface area (Å²) in [6, 6.07) is 1.28. The molecule has 0 saturated carbocycles. The Morgan fingerprint density at radius 1 is 1.45 bits per heavy atom. The first-order chi connectivity index (χ1) is 5.02. The summed E-state index contributed by atoms with van der Waals surface area (Å²) < 4.78 is 36.4. The first kappa shape index (κ1) is 8.34. The van der Waals surface area contributed by atoms with Crippen molar-refractivity contribution in [2.45, 2.75) is 24.6 Å². The van der Waals surface area contributed by atoms with E-state index >= 15 is 0 Å². The van der Waals surface area contributed by atoms with Crippen molar-refractivity contribution < 1.29 is 13.2 Å². The summed E-state index contributed by atoms with van der Waals surface area (Å²) in [5.74, 6) is 0. The molecular formula is C6H7F3N2. The van der Waals surface area contributed by atoms with Crippen molar-refractivity contribution in [3.8, 4) is 6.07 Å². The lowest BCUT2D eigenvalue weighted by Crippen LogP contribution is -2.51. The quantitative estimate of drug-likeness (QED) is 0.583. The molecule has 0 aromatic rings. The molecule has 0 unspecified atom stereocenters. The predicted octanol–water partition coefficient (Wildman–Crippen LogP) is 1.19. The summed E-state index contributed by atoms with van der Waals surface area (Å²) in [6.45, 7) is 0.271. The number of rotatable bonds is 0. The van der Waals surface area contributed by atoms with E-state index in [2.05, 4.69) is 5.32 Å². The highest BCUT2D eigenvalue weighted by atomic mass is 19.4. The van der Waals surface area contributed by atoms with Gasteiger partial charge >= 0.3 is 6.18 Å². The molecule has 1 aliphatic heterocycles. The number of nitrogens with one attached hydrogen (secondary N) is 1. The smallest absolute Gasteiger partial charge is 0.292 e. The molecule has 0 aliphatic carbocycles. The van der Waals surface area contributed by atoms with Crippen molar-refractivity contribution in [1.82, 2.24) is 5.32 Å². The van der Waals surface area contributed by atoms with E-state index in [0.29, 0.717) is 6.42 Å². The maximum Gasteiger partial charge on any atom is 0.420 e. The van der Waals surface area contributed by atoms with Crippen LogP contribution in [0.15, 0.2) is 0 Å². The fourth-order valence-electron chi connectivity index (χ4n) is 1.14. The van der Waals surface area contributed by atoms with E-state index in [1.54, 1.807) is 0 Å². The van der Waals surface area contributed by atoms with Gasteiger partial charge in [-0.1, -0.05) is 0 Å². The molecule has 1 aliphatic rings. The molecule has 0 radical (unpaired) electrons. The maximum atomic E-state index is 12.1. The normalized spacial score (nSPS) is 31.8. The summed E-state index contributed by atoms with van der Waals surface area (Å²) in [5.41, 5.74) is -2.27. The van der Waals surface area contributed by atoms with Gasteiger partial charge in [0.2, 0.25) is 5.54 Å². The van der Waals surface area contributed by atoms with Crippen LogP contribution in [0.25, 0.3) is 0 Å². The van der Waals surface area contributed by atoms with Crippen molar-refractivity contribution in [2.75, 3.05) is 6.54 Å². The number of hydrogen-bond donors (Lipinski definition) is 1. The molecule has 0 aromatic heterocycles. The van der Waals surface area contributed by atoms with Crippen LogP contribution in [-0.2, 0) is 0 Å². The topological polar surface area (TPSA) is 35.8 Å². The van der Waals surface area contributed by atoms with Gasteiger partial charge in [-0.15, -0.1) is 0 Å². The van der Waals surface area contributed by atoms with Gasteiger partial charge in [0.05, 0.1) is 6.07 Å². The van der Waals surface area contributed by atoms with Gasteiger partial charge in [0.25, 0.3) is 0 Å². The van der Waals surface area contributed by atoms with E-state index in [-0.39, 0.29) is 13.0 Å². The lowest BCUT2D eigenvalue weighted by molar-refractivity contribution is -0.174. The minimum Gasteiger partial charge on any atom is -0.292 e. The predicted molar refractivity (Wildman–Crippen MR) is 31.6 cm³/mol. The number of nitriles is 1. The zero-order valence-corrected chi connectivity index (χ0v) is 5.70. The summed E-state index contributed by atoms with van der Waals surface area (Å²) >= 11 is 0. The molecule has 0 amide bonds. The Labute approximate surface area is 62.0 Å². The fraction of sp³-hybridized carbons (Fsp3) is 0.833. The summed E-state index contributed by atoms with van der Waals surface area (Å²) in [5, 5.41) is 10.5. The van der Waals surface area contributed by atoms with E-state index in [1.807, 2.05) is 0 Å². The van der Waals surface area contributed by atoms with Crippen molar-refractivity contribution in [1.29, 1.82) is 5.26 Å². The van der Waals surface area contributed by atoms with Gasteiger partial charge in [0.15, 0.2) is 0 Å². The second-order valence-electron chi connectivity index (χ2n) is 2.55. The molecule has 1 saturated heterocycles. The summed E-state index contributed by atoms with van der Waals surface area (Å²) in [6.07, 6.45) is -4.17. The van der Waals surface area contributed by atoms with Gasteiger partial charge in [-0.05, 0) is 19.4 Å². The van der Waals surface area contributed by atoms with Crippen LogP contribution in [0.4, 0.5) is 13.2 Å². The molecule has 5 heteroatoms. The van der Waals surface area contributed by atoms with Gasteiger partial charge in [-0.3, -0.25) is 5.32 Å². The van der Waals surface area contributed by atoms with Gasteiger partial charge < -0.3 is 0 Å². The van der Waals surface area contributed by atoms with E-state index < -0.39 is 11.7 Å². The molecule has 1 N–H and O–H groups in total. The average molecular weight is 164 g/mol. The van der Waals surface area contributed by atoms with Crippen molar-refractivity contribution in [3.63, 3.8) is 0 Å². The van der Waals surface area contributed by atoms with Crippen molar-refractivity contribution in [2.24, 2.45) is 0 Å². The first-order valence-corrected chi connectivity index (χ1v) is 3.25. The van der Waals surface area contributed by atoms with Crippen LogP contribution in [0, 0.1) is 11.3 Å². The van der Waals surface area contributed by atoms with Crippen LogP contribution >= 0.6 is 0 Å². The molecule has 0 aromatic carbocycles.